The predicted octanol–water partition coefficient (Wildman–Crippen LogP) is 3.32. The normalized spacial score (nSPS) is 10.2. The van der Waals surface area contributed by atoms with Crippen LogP contribution in [0.3, 0.4) is 0 Å². The van der Waals surface area contributed by atoms with Crippen molar-refractivity contribution in [3.05, 3.63) is 58.6 Å². The van der Waals surface area contributed by atoms with Gasteiger partial charge in [-0.2, -0.15) is 0 Å². The van der Waals surface area contributed by atoms with Crippen LogP contribution in [0.2, 0.25) is 5.02 Å². The number of carboxylic acid groups (broad SMARTS) is 1. The number of benzene rings is 2. The Balaban J connectivity index is 2.09. The van der Waals surface area contributed by atoms with Gasteiger partial charge in [-0.3, -0.25) is 0 Å². The Morgan fingerprint density at radius 3 is 2.47 bits per heavy atom. The van der Waals surface area contributed by atoms with Crippen LogP contribution in [-0.4, -0.2) is 16.2 Å². The lowest BCUT2D eigenvalue weighted by Gasteiger charge is -2.07. The smallest absolute Gasteiger partial charge is 0.339 e. The second kappa shape index (κ2) is 5.63. The van der Waals surface area contributed by atoms with Crippen LogP contribution < -0.4 is 4.74 Å². The lowest BCUT2D eigenvalue weighted by atomic mass is 10.1. The molecule has 2 rings (SSSR count). The largest absolute Gasteiger partial charge is 0.507 e. The molecule has 0 saturated heterocycles. The molecule has 2 aromatic rings. The van der Waals surface area contributed by atoms with E-state index in [1.165, 1.54) is 12.1 Å². The van der Waals surface area contributed by atoms with Crippen LogP contribution in [0, 0.1) is 0 Å². The summed E-state index contributed by atoms with van der Waals surface area (Å²) >= 11 is 5.75. The summed E-state index contributed by atoms with van der Waals surface area (Å²) in [5, 5.41) is 18.9. The maximum absolute atomic E-state index is 10.9. The van der Waals surface area contributed by atoms with E-state index in [1.807, 2.05) is 0 Å². The second-order valence-corrected chi connectivity index (χ2v) is 4.34. The van der Waals surface area contributed by atoms with Crippen LogP contribution in [0.15, 0.2) is 42.5 Å². The van der Waals surface area contributed by atoms with E-state index < -0.39 is 5.97 Å². The number of ether oxygens (including phenoxy) is 1. The molecule has 4 nitrogen and oxygen atoms in total. The summed E-state index contributed by atoms with van der Waals surface area (Å²) < 4.78 is 5.49. The van der Waals surface area contributed by atoms with E-state index in [4.69, 9.17) is 21.4 Å². The molecule has 0 radical (unpaired) electrons. The minimum absolute atomic E-state index is 0.141. The summed E-state index contributed by atoms with van der Waals surface area (Å²) in [7, 11) is 0. The molecule has 0 fully saturated rings. The van der Waals surface area contributed by atoms with Gasteiger partial charge in [0.15, 0.2) is 0 Å². The molecule has 0 heterocycles. The Hall–Kier alpha value is -2.20. The molecule has 0 unspecified atom stereocenters. The molecular weight excluding hydrogens is 268 g/mol. The van der Waals surface area contributed by atoms with Gasteiger partial charge in [0.2, 0.25) is 0 Å². The highest BCUT2D eigenvalue weighted by Crippen LogP contribution is 2.21. The molecule has 0 aliphatic carbocycles. The summed E-state index contributed by atoms with van der Waals surface area (Å²) in [5.41, 5.74) is 0.516. The van der Waals surface area contributed by atoms with E-state index in [1.54, 1.807) is 30.3 Å². The van der Waals surface area contributed by atoms with Gasteiger partial charge in [0, 0.05) is 5.02 Å². The van der Waals surface area contributed by atoms with Crippen molar-refractivity contribution in [1.29, 1.82) is 0 Å². The van der Waals surface area contributed by atoms with Crippen LogP contribution in [-0.2, 0) is 6.61 Å². The molecule has 0 aromatic heterocycles. The molecule has 0 aliphatic heterocycles. The minimum atomic E-state index is -1.18. The molecular formula is C14H11ClO4. The molecule has 98 valence electrons. The molecule has 0 atom stereocenters. The van der Waals surface area contributed by atoms with E-state index in [0.29, 0.717) is 16.3 Å². The standard InChI is InChI=1S/C14H11ClO4/c15-10-2-4-11(5-3-10)19-8-9-1-6-13(16)12(7-9)14(17)18/h1-7,16H,8H2,(H,17,18). The van der Waals surface area contributed by atoms with E-state index in [2.05, 4.69) is 0 Å². The van der Waals surface area contributed by atoms with Crippen molar-refractivity contribution in [3.63, 3.8) is 0 Å². The number of hydrogen-bond acceptors (Lipinski definition) is 3. The number of halogens is 1. The Morgan fingerprint density at radius 2 is 1.84 bits per heavy atom. The van der Waals surface area contributed by atoms with Crippen molar-refractivity contribution in [1.82, 2.24) is 0 Å². The molecule has 0 spiro atoms. The lowest BCUT2D eigenvalue weighted by Crippen LogP contribution is -2.01. The first-order valence-corrected chi connectivity index (χ1v) is 5.87. The third kappa shape index (κ3) is 3.39. The van der Waals surface area contributed by atoms with Gasteiger partial charge >= 0.3 is 5.97 Å². The molecule has 0 amide bonds. The average molecular weight is 279 g/mol. The van der Waals surface area contributed by atoms with Gasteiger partial charge in [0.25, 0.3) is 0 Å². The van der Waals surface area contributed by atoms with Crippen molar-refractivity contribution >= 4 is 17.6 Å². The third-order valence-corrected chi connectivity index (χ3v) is 2.76. The molecule has 5 heteroatoms. The van der Waals surface area contributed by atoms with Crippen molar-refractivity contribution in [2.24, 2.45) is 0 Å². The Kier molecular flexibility index (Phi) is 3.92. The number of aromatic carboxylic acids is 1. The zero-order valence-corrected chi connectivity index (χ0v) is 10.6. The van der Waals surface area contributed by atoms with Crippen molar-refractivity contribution in [2.75, 3.05) is 0 Å². The van der Waals surface area contributed by atoms with Crippen molar-refractivity contribution in [3.8, 4) is 11.5 Å². The third-order valence-electron chi connectivity index (χ3n) is 2.51. The van der Waals surface area contributed by atoms with Gasteiger partial charge < -0.3 is 14.9 Å². The van der Waals surface area contributed by atoms with E-state index in [-0.39, 0.29) is 17.9 Å². The van der Waals surface area contributed by atoms with Crippen LogP contribution in [0.4, 0.5) is 0 Å². The minimum Gasteiger partial charge on any atom is -0.507 e. The Bertz CT molecular complexity index is 593. The lowest BCUT2D eigenvalue weighted by molar-refractivity contribution is 0.0693. The molecule has 0 saturated carbocycles. The second-order valence-electron chi connectivity index (χ2n) is 3.90. The van der Waals surface area contributed by atoms with Gasteiger partial charge in [-0.15, -0.1) is 0 Å². The zero-order chi connectivity index (χ0) is 13.8. The summed E-state index contributed by atoms with van der Waals surface area (Å²) in [5.74, 6) is -0.803. The fraction of sp³-hybridized carbons (Fsp3) is 0.0714. The molecule has 2 N–H and O–H groups in total. The van der Waals surface area contributed by atoms with Gasteiger partial charge in [-0.05, 0) is 42.0 Å². The first kappa shape index (κ1) is 13.2. The average Bonchev–Trinajstić information content (AvgIpc) is 2.39. The number of carbonyl (C=O) groups is 1. The SMILES string of the molecule is O=C(O)c1cc(COc2ccc(Cl)cc2)ccc1O. The first-order chi connectivity index (χ1) is 9.06. The van der Waals surface area contributed by atoms with Crippen LogP contribution in [0.5, 0.6) is 11.5 Å². The Morgan fingerprint density at radius 1 is 1.16 bits per heavy atom. The molecule has 0 aliphatic rings. The van der Waals surface area contributed by atoms with Gasteiger partial charge in [0.1, 0.15) is 23.7 Å². The van der Waals surface area contributed by atoms with E-state index in [9.17, 15) is 9.90 Å². The summed E-state index contributed by atoms with van der Waals surface area (Å²) in [4.78, 5) is 10.9. The van der Waals surface area contributed by atoms with Gasteiger partial charge in [0.05, 0.1) is 0 Å². The summed E-state index contributed by atoms with van der Waals surface area (Å²) in [6, 6.07) is 11.2. The highest BCUT2D eigenvalue weighted by atomic mass is 35.5. The fourth-order valence-corrected chi connectivity index (χ4v) is 1.67. The monoisotopic (exact) mass is 278 g/mol. The Labute approximate surface area is 114 Å². The van der Waals surface area contributed by atoms with Crippen LogP contribution >= 0.6 is 11.6 Å². The molecule has 0 bridgehead atoms. The molecule has 19 heavy (non-hydrogen) atoms. The first-order valence-electron chi connectivity index (χ1n) is 5.50. The predicted molar refractivity (Wildman–Crippen MR) is 70.9 cm³/mol. The van der Waals surface area contributed by atoms with Gasteiger partial charge in [-0.1, -0.05) is 17.7 Å². The van der Waals surface area contributed by atoms with Crippen LogP contribution in [0.25, 0.3) is 0 Å². The van der Waals surface area contributed by atoms with Gasteiger partial charge in [-0.25, -0.2) is 4.79 Å². The maximum atomic E-state index is 10.9. The van der Waals surface area contributed by atoms with Crippen molar-refractivity contribution < 1.29 is 19.7 Å². The highest BCUT2D eigenvalue weighted by molar-refractivity contribution is 6.30. The summed E-state index contributed by atoms with van der Waals surface area (Å²) in [6.07, 6.45) is 0. The van der Waals surface area contributed by atoms with Crippen molar-refractivity contribution in [2.45, 2.75) is 6.61 Å². The van der Waals surface area contributed by atoms with Crippen LogP contribution in [0.1, 0.15) is 15.9 Å². The number of rotatable bonds is 4. The number of phenols is 1. The molecule has 2 aromatic carbocycles. The zero-order valence-electron chi connectivity index (χ0n) is 9.84. The van der Waals surface area contributed by atoms with E-state index >= 15 is 0 Å². The number of aromatic hydroxyl groups is 1. The maximum Gasteiger partial charge on any atom is 0.339 e. The number of hydrogen-bond donors (Lipinski definition) is 2. The highest BCUT2D eigenvalue weighted by Gasteiger charge is 2.10. The van der Waals surface area contributed by atoms with E-state index in [0.717, 1.165) is 0 Å². The quantitative estimate of drug-likeness (QED) is 0.900. The fourth-order valence-electron chi connectivity index (χ4n) is 1.54. The number of carboxylic acids is 1. The topological polar surface area (TPSA) is 66.8 Å². The summed E-state index contributed by atoms with van der Waals surface area (Å²) in [6.45, 7) is 0.211.